The van der Waals surface area contributed by atoms with Crippen LogP contribution in [-0.4, -0.2) is 18.8 Å². The molecule has 0 saturated heterocycles. The van der Waals surface area contributed by atoms with Crippen molar-refractivity contribution in [3.63, 3.8) is 0 Å². The number of carbonyl (C=O) groups excluding carboxylic acids is 2. The van der Waals surface area contributed by atoms with Gasteiger partial charge in [-0.1, -0.05) is 30.2 Å². The summed E-state index contributed by atoms with van der Waals surface area (Å²) in [5.41, 5.74) is 1.71. The second kappa shape index (κ2) is 7.09. The van der Waals surface area contributed by atoms with Crippen LogP contribution in [0.15, 0.2) is 48.5 Å². The summed E-state index contributed by atoms with van der Waals surface area (Å²) in [4.78, 5) is 23.2. The number of para-hydroxylation sites is 1. The van der Waals surface area contributed by atoms with E-state index in [0.717, 1.165) is 0 Å². The zero-order valence-corrected chi connectivity index (χ0v) is 12.3. The van der Waals surface area contributed by atoms with E-state index in [1.54, 1.807) is 43.5 Å². The molecule has 0 saturated carbocycles. The third-order valence-corrected chi connectivity index (χ3v) is 2.94. The average molecular weight is 293 g/mol. The molecule has 1 N–H and O–H groups in total. The minimum absolute atomic E-state index is 0.0591. The fourth-order valence-corrected chi connectivity index (χ4v) is 1.85. The molecule has 0 aliphatic rings. The van der Waals surface area contributed by atoms with Gasteiger partial charge in [-0.2, -0.15) is 0 Å². The Kier molecular flexibility index (Phi) is 4.94. The monoisotopic (exact) mass is 293 g/mol. The second-order valence-corrected chi connectivity index (χ2v) is 4.54. The van der Waals surface area contributed by atoms with E-state index in [9.17, 15) is 9.59 Å². The molecule has 0 fully saturated rings. The first-order valence-electron chi connectivity index (χ1n) is 6.67. The molecule has 0 spiro atoms. The van der Waals surface area contributed by atoms with Gasteiger partial charge in [0.1, 0.15) is 5.75 Å². The predicted octanol–water partition coefficient (Wildman–Crippen LogP) is 2.89. The summed E-state index contributed by atoms with van der Waals surface area (Å²) in [7, 11) is 1.55. The first-order valence-corrected chi connectivity index (χ1v) is 6.67. The molecule has 4 nitrogen and oxygen atoms in total. The van der Waals surface area contributed by atoms with Gasteiger partial charge in [0.25, 0.3) is 0 Å². The van der Waals surface area contributed by atoms with Crippen molar-refractivity contribution in [1.82, 2.24) is 0 Å². The van der Waals surface area contributed by atoms with Gasteiger partial charge in [-0.25, -0.2) is 0 Å². The maximum atomic E-state index is 11.9. The van der Waals surface area contributed by atoms with Crippen molar-refractivity contribution in [3.05, 3.63) is 59.7 Å². The van der Waals surface area contributed by atoms with Gasteiger partial charge in [-0.15, -0.1) is 0 Å². The van der Waals surface area contributed by atoms with E-state index in [0.29, 0.717) is 22.6 Å². The molecule has 0 atom stereocenters. The minimum Gasteiger partial charge on any atom is -0.495 e. The number of Topliss-reactive ketones (excluding diaryl/α,β-unsaturated/α-hetero) is 1. The summed E-state index contributed by atoms with van der Waals surface area (Å²) in [6.07, 6.45) is 0. The molecule has 2 rings (SSSR count). The van der Waals surface area contributed by atoms with Crippen LogP contribution in [0.2, 0.25) is 0 Å². The van der Waals surface area contributed by atoms with Gasteiger partial charge in [-0.3, -0.25) is 9.59 Å². The third-order valence-electron chi connectivity index (χ3n) is 2.94. The first-order chi connectivity index (χ1) is 10.6. The molecule has 0 aromatic heterocycles. The fraction of sp³-hybridized carbons (Fsp3) is 0.111. The number of benzene rings is 2. The lowest BCUT2D eigenvalue weighted by molar-refractivity contribution is -0.111. The Bertz CT molecular complexity index is 769. The Morgan fingerprint density at radius 2 is 1.86 bits per heavy atom. The van der Waals surface area contributed by atoms with Crippen LogP contribution in [0.5, 0.6) is 5.75 Å². The molecule has 0 heterocycles. The van der Waals surface area contributed by atoms with Crippen molar-refractivity contribution >= 4 is 17.4 Å². The number of methoxy groups -OCH3 is 1. The highest BCUT2D eigenvalue weighted by molar-refractivity contribution is 6.05. The van der Waals surface area contributed by atoms with Crippen LogP contribution < -0.4 is 10.1 Å². The van der Waals surface area contributed by atoms with E-state index in [-0.39, 0.29) is 5.78 Å². The second-order valence-electron chi connectivity index (χ2n) is 4.54. The maximum absolute atomic E-state index is 11.9. The van der Waals surface area contributed by atoms with Crippen LogP contribution in [0.1, 0.15) is 22.8 Å². The molecular formula is C18H15NO3. The first kappa shape index (κ1) is 15.3. The summed E-state index contributed by atoms with van der Waals surface area (Å²) in [6, 6.07) is 13.9. The van der Waals surface area contributed by atoms with E-state index in [4.69, 9.17) is 4.74 Å². The minimum atomic E-state index is -0.452. The van der Waals surface area contributed by atoms with Crippen LogP contribution in [0, 0.1) is 11.8 Å². The number of ketones is 1. The Labute approximate surface area is 129 Å². The van der Waals surface area contributed by atoms with Crippen LogP contribution in [0.3, 0.4) is 0 Å². The number of hydrogen-bond acceptors (Lipinski definition) is 3. The van der Waals surface area contributed by atoms with Crippen molar-refractivity contribution in [2.45, 2.75) is 6.92 Å². The van der Waals surface area contributed by atoms with Gasteiger partial charge >= 0.3 is 5.91 Å². The summed E-state index contributed by atoms with van der Waals surface area (Å²) in [6.45, 7) is 1.47. The number of ether oxygens (including phenoxy) is 1. The van der Waals surface area contributed by atoms with Crippen LogP contribution >= 0.6 is 0 Å². The van der Waals surface area contributed by atoms with E-state index in [1.807, 2.05) is 12.1 Å². The van der Waals surface area contributed by atoms with E-state index in [1.165, 1.54) is 6.92 Å². The molecular weight excluding hydrogens is 278 g/mol. The van der Waals surface area contributed by atoms with Gasteiger partial charge < -0.3 is 10.1 Å². The Balaban J connectivity index is 2.13. The van der Waals surface area contributed by atoms with Crippen molar-refractivity contribution in [2.75, 3.05) is 12.4 Å². The topological polar surface area (TPSA) is 55.4 Å². The molecule has 2 aromatic rings. The third kappa shape index (κ3) is 3.97. The van der Waals surface area contributed by atoms with E-state index >= 15 is 0 Å². The van der Waals surface area contributed by atoms with Crippen LogP contribution in [0.4, 0.5) is 5.69 Å². The van der Waals surface area contributed by atoms with E-state index < -0.39 is 5.91 Å². The van der Waals surface area contributed by atoms with Gasteiger partial charge in [0.2, 0.25) is 0 Å². The summed E-state index contributed by atoms with van der Waals surface area (Å²) >= 11 is 0. The molecule has 1 amide bonds. The van der Waals surface area contributed by atoms with Gasteiger partial charge in [0.15, 0.2) is 5.78 Å². The lowest BCUT2D eigenvalue weighted by atomic mass is 10.1. The van der Waals surface area contributed by atoms with Crippen molar-refractivity contribution < 1.29 is 14.3 Å². The Morgan fingerprint density at radius 1 is 1.09 bits per heavy atom. The molecule has 0 radical (unpaired) electrons. The average Bonchev–Trinajstić information content (AvgIpc) is 2.53. The molecule has 0 aliphatic heterocycles. The molecule has 0 bridgehead atoms. The lowest BCUT2D eigenvalue weighted by Crippen LogP contribution is -2.09. The number of rotatable bonds is 3. The largest absolute Gasteiger partial charge is 0.495 e. The fourth-order valence-electron chi connectivity index (χ4n) is 1.85. The number of amides is 1. The molecule has 4 heteroatoms. The van der Waals surface area contributed by atoms with Crippen molar-refractivity contribution in [1.29, 1.82) is 0 Å². The van der Waals surface area contributed by atoms with Gasteiger partial charge in [0.05, 0.1) is 12.7 Å². The smallest absolute Gasteiger partial charge is 0.300 e. The highest BCUT2D eigenvalue weighted by atomic mass is 16.5. The summed E-state index contributed by atoms with van der Waals surface area (Å²) in [5.74, 6) is 5.37. The Hall–Kier alpha value is -3.06. The summed E-state index contributed by atoms with van der Waals surface area (Å²) < 4.78 is 5.17. The van der Waals surface area contributed by atoms with Crippen molar-refractivity contribution in [2.24, 2.45) is 0 Å². The van der Waals surface area contributed by atoms with Gasteiger partial charge in [0, 0.05) is 17.2 Å². The highest BCUT2D eigenvalue weighted by Gasteiger charge is 2.03. The Morgan fingerprint density at radius 3 is 2.59 bits per heavy atom. The molecule has 110 valence electrons. The quantitative estimate of drug-likeness (QED) is 0.699. The number of nitrogens with one attached hydrogen (secondary N) is 1. The van der Waals surface area contributed by atoms with E-state index in [2.05, 4.69) is 17.2 Å². The van der Waals surface area contributed by atoms with Gasteiger partial charge in [-0.05, 0) is 31.2 Å². The zero-order valence-electron chi connectivity index (χ0n) is 12.3. The number of anilines is 1. The molecule has 22 heavy (non-hydrogen) atoms. The number of hydrogen-bond donors (Lipinski definition) is 1. The lowest BCUT2D eigenvalue weighted by Gasteiger charge is -2.03. The molecule has 0 unspecified atom stereocenters. The molecule has 2 aromatic carbocycles. The normalized spacial score (nSPS) is 9.36. The predicted molar refractivity (Wildman–Crippen MR) is 84.9 cm³/mol. The molecule has 0 aliphatic carbocycles. The van der Waals surface area contributed by atoms with Crippen molar-refractivity contribution in [3.8, 4) is 17.6 Å². The SMILES string of the molecule is COc1ccccc1C#CC(=O)Nc1cccc(C(C)=O)c1. The van der Waals surface area contributed by atoms with Crippen LogP contribution in [0.25, 0.3) is 0 Å². The summed E-state index contributed by atoms with van der Waals surface area (Å²) in [5, 5.41) is 2.64. The standard InChI is InChI=1S/C18H15NO3/c1-13(20)15-7-5-8-16(12-15)19-18(21)11-10-14-6-3-4-9-17(14)22-2/h3-9,12H,1-2H3,(H,19,21). The number of carbonyl (C=O) groups is 2. The maximum Gasteiger partial charge on any atom is 0.300 e. The van der Waals surface area contributed by atoms with Crippen LogP contribution in [-0.2, 0) is 4.79 Å². The highest BCUT2D eigenvalue weighted by Crippen LogP contribution is 2.15. The zero-order chi connectivity index (χ0) is 15.9.